The van der Waals surface area contributed by atoms with Crippen molar-refractivity contribution in [3.63, 3.8) is 0 Å². The number of hydrogen-bond acceptors (Lipinski definition) is 5. The lowest BCUT2D eigenvalue weighted by atomic mass is 10.0. The topological polar surface area (TPSA) is 67.3 Å². The van der Waals surface area contributed by atoms with Crippen molar-refractivity contribution in [2.45, 2.75) is 19.9 Å². The number of halogens is 1. The Kier molecular flexibility index (Phi) is 5.36. The van der Waals surface area contributed by atoms with E-state index in [1.54, 1.807) is 6.20 Å². The van der Waals surface area contributed by atoms with Gasteiger partial charge in [0.15, 0.2) is 0 Å². The highest BCUT2D eigenvalue weighted by Crippen LogP contribution is 2.37. The Balaban J connectivity index is 2.13. The molecule has 3 aromatic rings. The van der Waals surface area contributed by atoms with Crippen molar-refractivity contribution in [1.82, 2.24) is 9.97 Å². The van der Waals surface area contributed by atoms with Crippen LogP contribution in [0.1, 0.15) is 13.8 Å². The van der Waals surface area contributed by atoms with Gasteiger partial charge in [-0.05, 0) is 26.0 Å². The molecule has 0 saturated carbocycles. The number of anilines is 1. The molecular weight excluding hydrogens is 338 g/mol. The monoisotopic (exact) mass is 357 g/mol. The highest BCUT2D eigenvalue weighted by Gasteiger charge is 2.13. The summed E-state index contributed by atoms with van der Waals surface area (Å²) in [5, 5.41) is 13.8. The first kappa shape index (κ1) is 17.5. The van der Waals surface area contributed by atoms with Crippen LogP contribution in [0.5, 0.6) is 5.75 Å². The smallest absolute Gasteiger partial charge is 0.223 e. The summed E-state index contributed by atoms with van der Waals surface area (Å²) in [5.74, 6) is 1.20. The van der Waals surface area contributed by atoms with Gasteiger partial charge in [-0.15, -0.1) is 0 Å². The fourth-order valence-corrected chi connectivity index (χ4v) is 2.79. The van der Waals surface area contributed by atoms with Gasteiger partial charge < -0.3 is 15.2 Å². The normalized spacial score (nSPS) is 11.1. The van der Waals surface area contributed by atoms with Gasteiger partial charge in [-0.1, -0.05) is 29.8 Å². The molecule has 6 heteroatoms. The van der Waals surface area contributed by atoms with Gasteiger partial charge in [-0.2, -0.15) is 0 Å². The van der Waals surface area contributed by atoms with E-state index in [-0.39, 0.29) is 19.3 Å². The zero-order valence-electron chi connectivity index (χ0n) is 14.2. The first-order valence-corrected chi connectivity index (χ1v) is 8.52. The van der Waals surface area contributed by atoms with Crippen LogP contribution in [0.4, 0.5) is 5.95 Å². The largest absolute Gasteiger partial charge is 0.490 e. The van der Waals surface area contributed by atoms with Crippen LogP contribution in [0.25, 0.3) is 22.0 Å². The van der Waals surface area contributed by atoms with E-state index in [4.69, 9.17) is 21.4 Å². The van der Waals surface area contributed by atoms with E-state index in [0.717, 1.165) is 22.0 Å². The highest BCUT2D eigenvalue weighted by atomic mass is 35.5. The van der Waals surface area contributed by atoms with Gasteiger partial charge in [0.2, 0.25) is 5.95 Å². The van der Waals surface area contributed by atoms with Gasteiger partial charge >= 0.3 is 0 Å². The van der Waals surface area contributed by atoms with Crippen LogP contribution in [0, 0.1) is 0 Å². The zero-order valence-corrected chi connectivity index (χ0v) is 14.9. The number of ether oxygens (including phenoxy) is 1. The van der Waals surface area contributed by atoms with Crippen molar-refractivity contribution in [2.75, 3.05) is 18.5 Å². The molecule has 0 spiro atoms. The number of rotatable bonds is 6. The fraction of sp³-hybridized carbons (Fsp3) is 0.263. The summed E-state index contributed by atoms with van der Waals surface area (Å²) in [7, 11) is 0. The first-order chi connectivity index (χ1) is 12.1. The Hall–Kier alpha value is -2.37. The molecule has 0 radical (unpaired) electrons. The van der Waals surface area contributed by atoms with E-state index in [2.05, 4.69) is 15.3 Å². The lowest BCUT2D eigenvalue weighted by Crippen LogP contribution is -2.12. The quantitative estimate of drug-likeness (QED) is 0.694. The van der Waals surface area contributed by atoms with Crippen molar-refractivity contribution in [3.05, 3.63) is 47.6 Å². The molecule has 0 fully saturated rings. The van der Waals surface area contributed by atoms with Crippen molar-refractivity contribution in [1.29, 1.82) is 0 Å². The molecule has 1 aromatic heterocycles. The molecule has 1 heterocycles. The van der Waals surface area contributed by atoms with Crippen LogP contribution in [0.3, 0.4) is 0 Å². The van der Waals surface area contributed by atoms with Crippen LogP contribution in [-0.4, -0.2) is 34.3 Å². The number of fused-ring (bicyclic) bond motifs is 1. The van der Waals surface area contributed by atoms with Crippen molar-refractivity contribution in [3.8, 4) is 16.9 Å². The number of nitrogens with zero attached hydrogens (tertiary/aromatic N) is 2. The Bertz CT molecular complexity index is 884. The van der Waals surface area contributed by atoms with E-state index in [9.17, 15) is 0 Å². The molecule has 0 saturated heterocycles. The third-order valence-corrected chi connectivity index (χ3v) is 3.94. The molecule has 0 aliphatic heterocycles. The molecule has 0 unspecified atom stereocenters. The van der Waals surface area contributed by atoms with Gasteiger partial charge in [0.1, 0.15) is 12.4 Å². The second kappa shape index (κ2) is 7.68. The molecule has 2 N–H and O–H groups in total. The van der Waals surface area contributed by atoms with Gasteiger partial charge in [0.05, 0.1) is 12.1 Å². The van der Waals surface area contributed by atoms with E-state index in [0.29, 0.717) is 16.7 Å². The number of aliphatic hydroxyl groups excluding tert-OH is 1. The van der Waals surface area contributed by atoms with Crippen LogP contribution in [-0.2, 0) is 0 Å². The van der Waals surface area contributed by atoms with E-state index < -0.39 is 0 Å². The maximum Gasteiger partial charge on any atom is 0.223 e. The molecular formula is C19H20ClN3O2. The molecule has 0 aliphatic carbocycles. The Morgan fingerprint density at radius 1 is 1.20 bits per heavy atom. The summed E-state index contributed by atoms with van der Waals surface area (Å²) in [6.45, 7) is 4.20. The van der Waals surface area contributed by atoms with Crippen LogP contribution < -0.4 is 10.1 Å². The fourth-order valence-electron chi connectivity index (χ4n) is 2.55. The summed E-state index contributed by atoms with van der Waals surface area (Å²) >= 11 is 6.35. The van der Waals surface area contributed by atoms with Crippen LogP contribution in [0.15, 0.2) is 42.6 Å². The van der Waals surface area contributed by atoms with Crippen molar-refractivity contribution < 1.29 is 9.84 Å². The van der Waals surface area contributed by atoms with Gasteiger partial charge in [0, 0.05) is 39.8 Å². The standard InChI is InChI=1S/C19H20ClN3O2/c1-12(2)22-19-21-11-13-9-15(14-5-3-4-6-16(14)20)18(25-8-7-24)10-17(13)23-19/h3-6,9-12,24H,7-8H2,1-2H3,(H,21,22,23). The minimum absolute atomic E-state index is 0.0655. The van der Waals surface area contributed by atoms with E-state index in [1.807, 2.05) is 50.2 Å². The summed E-state index contributed by atoms with van der Waals surface area (Å²) in [6.07, 6.45) is 1.78. The van der Waals surface area contributed by atoms with Gasteiger partial charge in [0.25, 0.3) is 0 Å². The average molecular weight is 358 g/mol. The number of aliphatic hydroxyl groups is 1. The predicted molar refractivity (Wildman–Crippen MR) is 101 cm³/mol. The van der Waals surface area contributed by atoms with Crippen LogP contribution >= 0.6 is 11.6 Å². The Labute approximate surface area is 151 Å². The SMILES string of the molecule is CC(C)Nc1ncc2cc(-c3ccccc3Cl)c(OCCO)cc2n1. The molecule has 0 bridgehead atoms. The summed E-state index contributed by atoms with van der Waals surface area (Å²) in [5.41, 5.74) is 2.48. The third kappa shape index (κ3) is 4.00. The molecule has 0 amide bonds. The minimum atomic E-state index is -0.0655. The molecule has 0 atom stereocenters. The summed E-state index contributed by atoms with van der Waals surface area (Å²) in [6, 6.07) is 11.6. The number of nitrogens with one attached hydrogen (secondary N) is 1. The second-order valence-corrected chi connectivity index (χ2v) is 6.36. The Morgan fingerprint density at radius 3 is 2.72 bits per heavy atom. The van der Waals surface area contributed by atoms with Gasteiger partial charge in [-0.3, -0.25) is 0 Å². The molecule has 25 heavy (non-hydrogen) atoms. The molecule has 5 nitrogen and oxygen atoms in total. The third-order valence-electron chi connectivity index (χ3n) is 3.61. The van der Waals surface area contributed by atoms with E-state index >= 15 is 0 Å². The average Bonchev–Trinajstić information content (AvgIpc) is 2.59. The van der Waals surface area contributed by atoms with Crippen molar-refractivity contribution in [2.24, 2.45) is 0 Å². The maximum atomic E-state index is 9.11. The molecule has 0 aliphatic rings. The van der Waals surface area contributed by atoms with Gasteiger partial charge in [-0.25, -0.2) is 9.97 Å². The molecule has 3 rings (SSSR count). The van der Waals surface area contributed by atoms with Crippen molar-refractivity contribution >= 4 is 28.5 Å². The summed E-state index contributed by atoms with van der Waals surface area (Å²) < 4.78 is 5.74. The zero-order chi connectivity index (χ0) is 17.8. The molecule has 2 aromatic carbocycles. The number of hydrogen-bond donors (Lipinski definition) is 2. The van der Waals surface area contributed by atoms with E-state index in [1.165, 1.54) is 0 Å². The summed E-state index contributed by atoms with van der Waals surface area (Å²) in [4.78, 5) is 8.90. The molecule has 130 valence electrons. The Morgan fingerprint density at radius 2 is 2.00 bits per heavy atom. The lowest BCUT2D eigenvalue weighted by Gasteiger charge is -2.14. The number of aromatic nitrogens is 2. The van der Waals surface area contributed by atoms with Crippen LogP contribution in [0.2, 0.25) is 5.02 Å². The lowest BCUT2D eigenvalue weighted by molar-refractivity contribution is 0.202. The second-order valence-electron chi connectivity index (χ2n) is 5.95. The highest BCUT2D eigenvalue weighted by molar-refractivity contribution is 6.33. The minimum Gasteiger partial charge on any atom is -0.490 e. The maximum absolute atomic E-state index is 9.11. The first-order valence-electron chi connectivity index (χ1n) is 8.14. The predicted octanol–water partition coefficient (Wildman–Crippen LogP) is 4.14. The number of benzene rings is 2.